The van der Waals surface area contributed by atoms with Crippen molar-refractivity contribution in [1.29, 1.82) is 0 Å². The van der Waals surface area contributed by atoms with E-state index < -0.39 is 0 Å². The van der Waals surface area contributed by atoms with Crippen molar-refractivity contribution < 1.29 is 4.42 Å². The van der Waals surface area contributed by atoms with E-state index in [1.807, 2.05) is 12.1 Å². The molecular weight excluding hydrogens is 266 g/mol. The number of thiophene rings is 1. The van der Waals surface area contributed by atoms with Crippen LogP contribution in [-0.4, -0.2) is 6.04 Å². The van der Waals surface area contributed by atoms with E-state index in [0.717, 1.165) is 12.2 Å². The Morgan fingerprint density at radius 1 is 1.10 bits per heavy atom. The number of anilines is 1. The summed E-state index contributed by atoms with van der Waals surface area (Å²) < 4.78 is 5.41. The van der Waals surface area contributed by atoms with Crippen LogP contribution in [0, 0.1) is 0 Å². The Bertz CT molecular complexity index is 643. The molecule has 0 aliphatic rings. The van der Waals surface area contributed by atoms with Gasteiger partial charge in [-0.05, 0) is 36.6 Å². The normalized spacial score (nSPS) is 12.2. The van der Waals surface area contributed by atoms with E-state index in [2.05, 4.69) is 54.0 Å². The monoisotopic (exact) mass is 283 g/mol. The zero-order valence-electron chi connectivity index (χ0n) is 11.4. The molecule has 2 nitrogen and oxygen atoms in total. The molecule has 0 aliphatic carbocycles. The molecule has 0 spiro atoms. The van der Waals surface area contributed by atoms with Gasteiger partial charge in [-0.3, -0.25) is 0 Å². The molecule has 1 N–H and O–H groups in total. The molecule has 0 aliphatic heterocycles. The van der Waals surface area contributed by atoms with E-state index in [9.17, 15) is 0 Å². The third kappa shape index (κ3) is 2.94. The number of rotatable bonds is 5. The molecular formula is C17H17NOS. The lowest BCUT2D eigenvalue weighted by Gasteiger charge is -2.16. The standard InChI is InChI=1S/C17H17NOS/c1-13(12-14-6-4-10-19-14)18-16-8-3-2-7-15(16)17-9-5-11-20-17/h2-11,13,18H,12H2,1H3. The summed E-state index contributed by atoms with van der Waals surface area (Å²) in [4.78, 5) is 1.29. The Kier molecular flexibility index (Phi) is 3.88. The fraction of sp³-hybridized carbons (Fsp3) is 0.176. The second-order valence-electron chi connectivity index (χ2n) is 4.85. The number of para-hydroxylation sites is 1. The zero-order valence-corrected chi connectivity index (χ0v) is 12.2. The van der Waals surface area contributed by atoms with Gasteiger partial charge in [0.25, 0.3) is 0 Å². The second-order valence-corrected chi connectivity index (χ2v) is 5.80. The van der Waals surface area contributed by atoms with Gasteiger partial charge in [0.1, 0.15) is 5.76 Å². The Balaban J connectivity index is 1.77. The first kappa shape index (κ1) is 13.0. The van der Waals surface area contributed by atoms with Crippen LogP contribution in [0.1, 0.15) is 12.7 Å². The summed E-state index contributed by atoms with van der Waals surface area (Å²) in [6.07, 6.45) is 2.60. The lowest BCUT2D eigenvalue weighted by Crippen LogP contribution is -2.18. The molecule has 0 saturated carbocycles. The first-order valence-corrected chi connectivity index (χ1v) is 7.63. The van der Waals surface area contributed by atoms with Crippen molar-refractivity contribution in [2.45, 2.75) is 19.4 Å². The van der Waals surface area contributed by atoms with Gasteiger partial charge in [-0.2, -0.15) is 0 Å². The number of hydrogen-bond acceptors (Lipinski definition) is 3. The van der Waals surface area contributed by atoms with Crippen LogP contribution in [0.5, 0.6) is 0 Å². The number of hydrogen-bond donors (Lipinski definition) is 1. The Hall–Kier alpha value is -2.00. The van der Waals surface area contributed by atoms with Gasteiger partial charge in [-0.25, -0.2) is 0 Å². The maximum absolute atomic E-state index is 5.41. The minimum absolute atomic E-state index is 0.322. The molecule has 0 amide bonds. The number of benzene rings is 1. The average Bonchev–Trinajstić information content (AvgIpc) is 3.11. The molecule has 3 heteroatoms. The quantitative estimate of drug-likeness (QED) is 0.708. The topological polar surface area (TPSA) is 25.2 Å². The van der Waals surface area contributed by atoms with Crippen molar-refractivity contribution in [3.63, 3.8) is 0 Å². The minimum atomic E-state index is 0.322. The van der Waals surface area contributed by atoms with Crippen LogP contribution in [-0.2, 0) is 6.42 Å². The number of furan rings is 1. The highest BCUT2D eigenvalue weighted by Gasteiger charge is 2.10. The summed E-state index contributed by atoms with van der Waals surface area (Å²) in [6.45, 7) is 2.17. The molecule has 3 aromatic rings. The Morgan fingerprint density at radius 3 is 2.75 bits per heavy atom. The summed E-state index contributed by atoms with van der Waals surface area (Å²) in [7, 11) is 0. The van der Waals surface area contributed by atoms with Gasteiger partial charge in [-0.1, -0.05) is 24.3 Å². The lowest BCUT2D eigenvalue weighted by atomic mass is 10.1. The van der Waals surface area contributed by atoms with E-state index in [-0.39, 0.29) is 0 Å². The zero-order chi connectivity index (χ0) is 13.8. The molecule has 102 valence electrons. The van der Waals surface area contributed by atoms with Gasteiger partial charge in [0.2, 0.25) is 0 Å². The Labute approximate surface area is 123 Å². The molecule has 3 rings (SSSR count). The predicted molar refractivity (Wildman–Crippen MR) is 85.3 cm³/mol. The molecule has 0 radical (unpaired) electrons. The maximum atomic E-state index is 5.41. The molecule has 0 saturated heterocycles. The van der Waals surface area contributed by atoms with Gasteiger partial charge >= 0.3 is 0 Å². The van der Waals surface area contributed by atoms with E-state index in [4.69, 9.17) is 4.42 Å². The number of nitrogens with one attached hydrogen (secondary N) is 1. The summed E-state index contributed by atoms with van der Waals surface area (Å²) in [5, 5.41) is 5.69. The first-order chi connectivity index (χ1) is 9.83. The van der Waals surface area contributed by atoms with Crippen molar-refractivity contribution in [3.8, 4) is 10.4 Å². The molecule has 1 unspecified atom stereocenters. The van der Waals surface area contributed by atoms with Crippen molar-refractivity contribution in [2.24, 2.45) is 0 Å². The molecule has 0 bridgehead atoms. The molecule has 0 fully saturated rings. The summed E-state index contributed by atoms with van der Waals surface area (Å²) in [5.41, 5.74) is 2.43. The van der Waals surface area contributed by atoms with Crippen LogP contribution in [0.2, 0.25) is 0 Å². The van der Waals surface area contributed by atoms with Gasteiger partial charge in [0.05, 0.1) is 6.26 Å². The minimum Gasteiger partial charge on any atom is -0.469 e. The smallest absolute Gasteiger partial charge is 0.105 e. The molecule has 1 aromatic carbocycles. The van der Waals surface area contributed by atoms with Gasteiger partial charge in [-0.15, -0.1) is 11.3 Å². The SMILES string of the molecule is CC(Cc1ccco1)Nc1ccccc1-c1cccs1. The van der Waals surface area contributed by atoms with Crippen LogP contribution < -0.4 is 5.32 Å². The predicted octanol–water partition coefficient (Wildman–Crippen LogP) is 5.05. The Morgan fingerprint density at radius 2 is 2.00 bits per heavy atom. The van der Waals surface area contributed by atoms with Crippen LogP contribution in [0.25, 0.3) is 10.4 Å². The third-order valence-electron chi connectivity index (χ3n) is 3.20. The van der Waals surface area contributed by atoms with E-state index in [0.29, 0.717) is 6.04 Å². The van der Waals surface area contributed by atoms with Crippen molar-refractivity contribution >= 4 is 17.0 Å². The van der Waals surface area contributed by atoms with Crippen LogP contribution in [0.15, 0.2) is 64.6 Å². The van der Waals surface area contributed by atoms with Crippen molar-refractivity contribution in [2.75, 3.05) is 5.32 Å². The fourth-order valence-corrected chi connectivity index (χ4v) is 3.07. The van der Waals surface area contributed by atoms with E-state index in [1.165, 1.54) is 16.1 Å². The largest absolute Gasteiger partial charge is 0.469 e. The van der Waals surface area contributed by atoms with Gasteiger partial charge in [0, 0.05) is 28.6 Å². The van der Waals surface area contributed by atoms with Crippen molar-refractivity contribution in [3.05, 3.63) is 65.9 Å². The highest BCUT2D eigenvalue weighted by atomic mass is 32.1. The first-order valence-electron chi connectivity index (χ1n) is 6.75. The van der Waals surface area contributed by atoms with E-state index >= 15 is 0 Å². The fourth-order valence-electron chi connectivity index (χ4n) is 2.30. The van der Waals surface area contributed by atoms with Crippen LogP contribution in [0.4, 0.5) is 5.69 Å². The van der Waals surface area contributed by atoms with Gasteiger partial charge < -0.3 is 9.73 Å². The summed E-state index contributed by atoms with van der Waals surface area (Å²) in [5.74, 6) is 1.01. The maximum Gasteiger partial charge on any atom is 0.105 e. The highest BCUT2D eigenvalue weighted by molar-refractivity contribution is 7.13. The van der Waals surface area contributed by atoms with Crippen molar-refractivity contribution in [1.82, 2.24) is 0 Å². The summed E-state index contributed by atoms with van der Waals surface area (Å²) in [6, 6.07) is 17.0. The molecule has 1 atom stereocenters. The molecule has 2 heterocycles. The molecule has 20 heavy (non-hydrogen) atoms. The second kappa shape index (κ2) is 5.97. The average molecular weight is 283 g/mol. The van der Waals surface area contributed by atoms with Gasteiger partial charge in [0.15, 0.2) is 0 Å². The van der Waals surface area contributed by atoms with Crippen LogP contribution in [0.3, 0.4) is 0 Å². The lowest BCUT2D eigenvalue weighted by molar-refractivity contribution is 0.498. The van der Waals surface area contributed by atoms with E-state index in [1.54, 1.807) is 17.6 Å². The highest BCUT2D eigenvalue weighted by Crippen LogP contribution is 2.31. The van der Waals surface area contributed by atoms with Crippen LogP contribution >= 0.6 is 11.3 Å². The summed E-state index contributed by atoms with van der Waals surface area (Å²) >= 11 is 1.76. The molecule has 2 aromatic heterocycles. The third-order valence-corrected chi connectivity index (χ3v) is 4.11.